The van der Waals surface area contributed by atoms with E-state index in [1.165, 1.54) is 19.3 Å². The van der Waals surface area contributed by atoms with E-state index in [1.54, 1.807) is 19.3 Å². The second-order valence-corrected chi connectivity index (χ2v) is 4.48. The maximum Gasteiger partial charge on any atom is -0.0409 e. The molecule has 3 atom stereocenters. The largest absolute Gasteiger partial charge is 0.0625 e. The lowest BCUT2D eigenvalue weighted by molar-refractivity contribution is 0.146. The normalized spacial score (nSPS) is 47.1. The summed E-state index contributed by atoms with van der Waals surface area (Å²) in [6.07, 6.45) is 9.26. The van der Waals surface area contributed by atoms with Gasteiger partial charge in [0.2, 0.25) is 0 Å². The first kappa shape index (κ1) is 6.69. The fourth-order valence-electron chi connectivity index (χ4n) is 3.06. The topological polar surface area (TPSA) is 0 Å². The Bertz CT molecular complexity index is 101. The lowest BCUT2D eigenvalue weighted by atomic mass is 9.69. The minimum Gasteiger partial charge on any atom is -0.0625 e. The molecule has 2 rings (SSSR count). The highest BCUT2D eigenvalue weighted by molar-refractivity contribution is 4.81. The van der Waals surface area contributed by atoms with E-state index >= 15 is 0 Å². The predicted octanol–water partition coefficient (Wildman–Crippen LogP) is 3.22. The lowest BCUT2D eigenvalue weighted by Gasteiger charge is -2.37. The molecule has 0 aromatic heterocycles. The number of fused-ring (bicyclic) bond motifs is 2. The van der Waals surface area contributed by atoms with Crippen LogP contribution in [0.2, 0.25) is 0 Å². The van der Waals surface area contributed by atoms with Crippen LogP contribution >= 0.6 is 0 Å². The van der Waals surface area contributed by atoms with Gasteiger partial charge in [-0.3, -0.25) is 0 Å². The molecule has 58 valence electrons. The van der Waals surface area contributed by atoms with E-state index < -0.39 is 0 Å². The fourth-order valence-corrected chi connectivity index (χ4v) is 3.06. The van der Waals surface area contributed by atoms with Gasteiger partial charge in [0.25, 0.3) is 0 Å². The third-order valence-electron chi connectivity index (χ3n) is 3.36. The average molecular weight is 138 g/mol. The molecule has 0 aliphatic heterocycles. The maximum absolute atomic E-state index is 2.44. The molecule has 0 N–H and O–H groups in total. The third kappa shape index (κ3) is 1.21. The van der Waals surface area contributed by atoms with E-state index in [0.717, 1.165) is 17.8 Å². The van der Waals surface area contributed by atoms with Crippen molar-refractivity contribution in [2.45, 2.75) is 45.4 Å². The van der Waals surface area contributed by atoms with Crippen molar-refractivity contribution in [3.8, 4) is 0 Å². The average Bonchev–Trinajstić information content (AvgIpc) is 1.85. The van der Waals surface area contributed by atoms with Crippen molar-refractivity contribution in [2.24, 2.45) is 17.8 Å². The molecule has 2 bridgehead atoms. The van der Waals surface area contributed by atoms with Crippen LogP contribution in [0.15, 0.2) is 0 Å². The summed E-state index contributed by atoms with van der Waals surface area (Å²) in [5.74, 6) is 3.30. The zero-order valence-electron chi connectivity index (χ0n) is 6.97. The fraction of sp³-hybridized carbons (Fsp3) is 1.00. The molecule has 2 saturated carbocycles. The molecule has 0 aromatic rings. The molecule has 2 aliphatic rings. The summed E-state index contributed by atoms with van der Waals surface area (Å²) in [7, 11) is 0. The summed E-state index contributed by atoms with van der Waals surface area (Å²) < 4.78 is 0. The van der Waals surface area contributed by atoms with Gasteiger partial charge in [0.1, 0.15) is 0 Å². The minimum absolute atomic E-state index is 1.05. The number of rotatable bonds is 0. The van der Waals surface area contributed by atoms with Crippen molar-refractivity contribution in [1.82, 2.24) is 0 Å². The number of hydrogen-bond acceptors (Lipinski definition) is 0. The summed E-state index contributed by atoms with van der Waals surface area (Å²) in [4.78, 5) is 0. The molecule has 0 nitrogen and oxygen atoms in total. The van der Waals surface area contributed by atoms with Crippen LogP contribution in [0.5, 0.6) is 0 Å². The smallest absolute Gasteiger partial charge is 0.0409 e. The summed E-state index contributed by atoms with van der Waals surface area (Å²) in [6.45, 7) is 2.44. The molecular formula is C10H18. The van der Waals surface area contributed by atoms with Gasteiger partial charge in [0.05, 0.1) is 0 Å². The summed E-state index contributed by atoms with van der Waals surface area (Å²) in [6, 6.07) is 0. The van der Waals surface area contributed by atoms with Gasteiger partial charge in [0, 0.05) is 0 Å². The molecule has 0 radical (unpaired) electrons. The molecule has 0 aromatic carbocycles. The Morgan fingerprint density at radius 1 is 0.900 bits per heavy atom. The van der Waals surface area contributed by atoms with Crippen molar-refractivity contribution < 1.29 is 0 Å². The second-order valence-electron chi connectivity index (χ2n) is 4.48. The van der Waals surface area contributed by atoms with Gasteiger partial charge in [0.15, 0.2) is 0 Å². The van der Waals surface area contributed by atoms with E-state index in [2.05, 4.69) is 6.92 Å². The van der Waals surface area contributed by atoms with Crippen molar-refractivity contribution in [2.75, 3.05) is 0 Å². The van der Waals surface area contributed by atoms with Gasteiger partial charge >= 0.3 is 0 Å². The molecule has 0 saturated heterocycles. The van der Waals surface area contributed by atoms with E-state index in [9.17, 15) is 0 Å². The highest BCUT2D eigenvalue weighted by atomic mass is 14.3. The standard InChI is InChI=1S/C10H18/c1-8-5-9-3-2-4-10(6-8)7-9/h8-10H,2-7H2,1H3/t8?,9-,10?/m0/s1. The summed E-state index contributed by atoms with van der Waals surface area (Å²) in [5, 5.41) is 0. The van der Waals surface area contributed by atoms with Crippen LogP contribution in [0.25, 0.3) is 0 Å². The second kappa shape index (κ2) is 2.56. The molecule has 0 amide bonds. The van der Waals surface area contributed by atoms with Gasteiger partial charge in [-0.05, 0) is 37.0 Å². The molecule has 2 aliphatic carbocycles. The van der Waals surface area contributed by atoms with Crippen LogP contribution in [-0.4, -0.2) is 0 Å². The van der Waals surface area contributed by atoms with Crippen LogP contribution in [0, 0.1) is 17.8 Å². The first-order chi connectivity index (χ1) is 4.84. The SMILES string of the molecule is CC1CC2CCC[C@@H](C1)C2. The van der Waals surface area contributed by atoms with Crippen LogP contribution in [-0.2, 0) is 0 Å². The maximum atomic E-state index is 2.44. The van der Waals surface area contributed by atoms with Gasteiger partial charge < -0.3 is 0 Å². The zero-order valence-corrected chi connectivity index (χ0v) is 6.97. The Morgan fingerprint density at radius 3 is 2.10 bits per heavy atom. The lowest BCUT2D eigenvalue weighted by Crippen LogP contribution is -2.25. The first-order valence-corrected chi connectivity index (χ1v) is 4.84. The summed E-state index contributed by atoms with van der Waals surface area (Å²) >= 11 is 0. The first-order valence-electron chi connectivity index (χ1n) is 4.84. The molecule has 0 spiro atoms. The van der Waals surface area contributed by atoms with Crippen molar-refractivity contribution in [3.63, 3.8) is 0 Å². The van der Waals surface area contributed by atoms with Crippen molar-refractivity contribution >= 4 is 0 Å². The molecule has 2 fully saturated rings. The number of hydrogen-bond donors (Lipinski definition) is 0. The Kier molecular flexibility index (Phi) is 1.71. The van der Waals surface area contributed by atoms with Crippen LogP contribution in [0.1, 0.15) is 45.4 Å². The highest BCUT2D eigenvalue weighted by Gasteiger charge is 2.29. The van der Waals surface area contributed by atoms with E-state index in [4.69, 9.17) is 0 Å². The van der Waals surface area contributed by atoms with Crippen LogP contribution < -0.4 is 0 Å². The van der Waals surface area contributed by atoms with E-state index in [0.29, 0.717) is 0 Å². The molecule has 2 unspecified atom stereocenters. The molecule has 0 heteroatoms. The minimum atomic E-state index is 1.05. The Labute approximate surface area is 64.0 Å². The van der Waals surface area contributed by atoms with Crippen molar-refractivity contribution in [3.05, 3.63) is 0 Å². The highest BCUT2D eigenvalue weighted by Crippen LogP contribution is 2.41. The van der Waals surface area contributed by atoms with E-state index in [-0.39, 0.29) is 0 Å². The predicted molar refractivity (Wildman–Crippen MR) is 43.8 cm³/mol. The summed E-state index contributed by atoms with van der Waals surface area (Å²) in [5.41, 5.74) is 0. The van der Waals surface area contributed by atoms with Gasteiger partial charge in [-0.15, -0.1) is 0 Å². The van der Waals surface area contributed by atoms with Gasteiger partial charge in [-0.25, -0.2) is 0 Å². The van der Waals surface area contributed by atoms with Gasteiger partial charge in [-0.2, -0.15) is 0 Å². The Balaban J connectivity index is 1.98. The van der Waals surface area contributed by atoms with Crippen LogP contribution in [0.3, 0.4) is 0 Å². The zero-order chi connectivity index (χ0) is 6.97. The molecular weight excluding hydrogens is 120 g/mol. The quantitative estimate of drug-likeness (QED) is 0.482. The molecule has 10 heavy (non-hydrogen) atoms. The third-order valence-corrected chi connectivity index (χ3v) is 3.36. The van der Waals surface area contributed by atoms with Crippen LogP contribution in [0.4, 0.5) is 0 Å². The monoisotopic (exact) mass is 138 g/mol. The van der Waals surface area contributed by atoms with Crippen molar-refractivity contribution in [1.29, 1.82) is 0 Å². The Hall–Kier alpha value is 0. The van der Waals surface area contributed by atoms with Gasteiger partial charge in [-0.1, -0.05) is 26.2 Å². The molecule has 0 heterocycles. The Morgan fingerprint density at radius 2 is 1.50 bits per heavy atom. The van der Waals surface area contributed by atoms with E-state index in [1.807, 2.05) is 0 Å².